The van der Waals surface area contributed by atoms with Crippen LogP contribution in [0.1, 0.15) is 11.4 Å². The lowest BCUT2D eigenvalue weighted by Gasteiger charge is -1.97. The van der Waals surface area contributed by atoms with Gasteiger partial charge in [-0.25, -0.2) is 9.50 Å². The number of aryl methyl sites for hydroxylation is 1. The zero-order chi connectivity index (χ0) is 12.4. The van der Waals surface area contributed by atoms with Crippen molar-refractivity contribution in [2.75, 3.05) is 11.9 Å². The van der Waals surface area contributed by atoms with Crippen LogP contribution >= 0.6 is 0 Å². The Balaban J connectivity index is 1.67. The smallest absolute Gasteiger partial charge is 0.243 e. The van der Waals surface area contributed by atoms with E-state index in [1.54, 1.807) is 4.52 Å². The summed E-state index contributed by atoms with van der Waals surface area (Å²) < 4.78 is 1.75. The number of aromatic nitrogens is 6. The summed E-state index contributed by atoms with van der Waals surface area (Å²) in [5.41, 5.74) is 2.01. The van der Waals surface area contributed by atoms with Crippen LogP contribution in [0.5, 0.6) is 0 Å². The van der Waals surface area contributed by atoms with Crippen molar-refractivity contribution in [3.63, 3.8) is 0 Å². The highest BCUT2D eigenvalue weighted by molar-refractivity contribution is 5.45. The van der Waals surface area contributed by atoms with Crippen molar-refractivity contribution in [1.82, 2.24) is 29.8 Å². The number of rotatable bonds is 4. The van der Waals surface area contributed by atoms with Crippen LogP contribution in [0.15, 0.2) is 24.7 Å². The number of H-pyrrole nitrogens is 1. The summed E-state index contributed by atoms with van der Waals surface area (Å²) in [7, 11) is 0. The lowest BCUT2D eigenvalue weighted by Crippen LogP contribution is -2.07. The second-order valence-corrected chi connectivity index (χ2v) is 4.05. The number of fused-ring (bicyclic) bond motifs is 1. The molecule has 2 N–H and O–H groups in total. The lowest BCUT2D eigenvalue weighted by molar-refractivity contribution is 0.884. The number of pyridine rings is 1. The van der Waals surface area contributed by atoms with E-state index in [4.69, 9.17) is 0 Å². The average Bonchev–Trinajstić information content (AvgIpc) is 2.97. The van der Waals surface area contributed by atoms with E-state index in [0.29, 0.717) is 12.5 Å². The van der Waals surface area contributed by atoms with E-state index in [1.165, 1.54) is 11.9 Å². The Kier molecular flexibility index (Phi) is 2.64. The average molecular weight is 243 g/mol. The third kappa shape index (κ3) is 2.15. The first-order chi connectivity index (χ1) is 8.81. The van der Waals surface area contributed by atoms with Crippen LogP contribution < -0.4 is 5.32 Å². The van der Waals surface area contributed by atoms with Gasteiger partial charge in [-0.2, -0.15) is 10.1 Å². The van der Waals surface area contributed by atoms with Gasteiger partial charge in [0.15, 0.2) is 5.65 Å². The van der Waals surface area contributed by atoms with Crippen LogP contribution in [-0.2, 0) is 6.42 Å². The molecule has 0 bridgehead atoms. The Morgan fingerprint density at radius 2 is 2.39 bits per heavy atom. The van der Waals surface area contributed by atoms with Gasteiger partial charge in [-0.3, -0.25) is 5.10 Å². The van der Waals surface area contributed by atoms with E-state index in [-0.39, 0.29) is 0 Å². The largest absolute Gasteiger partial charge is 0.352 e. The summed E-state index contributed by atoms with van der Waals surface area (Å²) >= 11 is 0. The topological polar surface area (TPSA) is 83.8 Å². The lowest BCUT2D eigenvalue weighted by atomic mass is 10.3. The number of hydrogen-bond donors (Lipinski definition) is 2. The van der Waals surface area contributed by atoms with Gasteiger partial charge in [-0.1, -0.05) is 0 Å². The molecule has 0 aliphatic carbocycles. The Labute approximate surface area is 103 Å². The van der Waals surface area contributed by atoms with Crippen molar-refractivity contribution in [1.29, 1.82) is 0 Å². The highest BCUT2D eigenvalue weighted by atomic mass is 15.3. The quantitative estimate of drug-likeness (QED) is 0.708. The summed E-state index contributed by atoms with van der Waals surface area (Å²) in [5, 5.41) is 14.1. The molecule has 3 aromatic rings. The molecule has 0 saturated carbocycles. The molecule has 0 fully saturated rings. The summed E-state index contributed by atoms with van der Waals surface area (Å²) in [6.07, 6.45) is 4.16. The predicted molar refractivity (Wildman–Crippen MR) is 66.3 cm³/mol. The van der Waals surface area contributed by atoms with Crippen LogP contribution in [0.4, 0.5) is 5.95 Å². The maximum absolute atomic E-state index is 4.39. The monoisotopic (exact) mass is 243 g/mol. The third-order valence-corrected chi connectivity index (χ3v) is 2.60. The fourth-order valence-corrected chi connectivity index (χ4v) is 1.70. The summed E-state index contributed by atoms with van der Waals surface area (Å²) in [6, 6.07) is 3.99. The molecule has 0 atom stereocenters. The van der Waals surface area contributed by atoms with Gasteiger partial charge >= 0.3 is 0 Å². The van der Waals surface area contributed by atoms with Crippen molar-refractivity contribution in [2.45, 2.75) is 13.3 Å². The number of hydrogen-bond acceptors (Lipinski definition) is 5. The first-order valence-electron chi connectivity index (χ1n) is 5.72. The Hall–Kier alpha value is -2.44. The first-order valence-corrected chi connectivity index (χ1v) is 5.72. The maximum atomic E-state index is 4.39. The second kappa shape index (κ2) is 4.44. The Morgan fingerprint density at radius 1 is 1.44 bits per heavy atom. The van der Waals surface area contributed by atoms with Crippen LogP contribution in [0.2, 0.25) is 0 Å². The van der Waals surface area contributed by atoms with Crippen molar-refractivity contribution >= 4 is 11.6 Å². The molecule has 0 aliphatic rings. The van der Waals surface area contributed by atoms with Gasteiger partial charge in [0, 0.05) is 19.2 Å². The zero-order valence-corrected chi connectivity index (χ0v) is 9.96. The van der Waals surface area contributed by atoms with Gasteiger partial charge in [-0.15, -0.1) is 5.10 Å². The van der Waals surface area contributed by atoms with Gasteiger partial charge in [0.1, 0.15) is 12.2 Å². The Morgan fingerprint density at radius 3 is 3.22 bits per heavy atom. The van der Waals surface area contributed by atoms with E-state index in [9.17, 15) is 0 Å². The van der Waals surface area contributed by atoms with Gasteiger partial charge in [0.25, 0.3) is 0 Å². The molecule has 92 valence electrons. The van der Waals surface area contributed by atoms with Crippen molar-refractivity contribution in [2.24, 2.45) is 0 Å². The number of anilines is 1. The minimum absolute atomic E-state index is 0.625. The molecule has 0 amide bonds. The highest BCUT2D eigenvalue weighted by Gasteiger charge is 2.03. The van der Waals surface area contributed by atoms with Gasteiger partial charge in [0.2, 0.25) is 5.95 Å². The number of nitrogens with zero attached hydrogens (tertiary/aromatic N) is 5. The molecule has 7 heteroatoms. The van der Waals surface area contributed by atoms with E-state index < -0.39 is 0 Å². The zero-order valence-electron chi connectivity index (χ0n) is 9.96. The van der Waals surface area contributed by atoms with Crippen LogP contribution in [0.25, 0.3) is 5.65 Å². The first kappa shape index (κ1) is 10.7. The van der Waals surface area contributed by atoms with Crippen LogP contribution in [0, 0.1) is 6.92 Å². The SMILES string of the molecule is Cc1ccn2nc(NCCc3ncn[nH]3)nc2c1. The molecule has 0 aliphatic heterocycles. The second-order valence-electron chi connectivity index (χ2n) is 4.05. The Bertz CT molecular complexity index is 641. The van der Waals surface area contributed by atoms with Crippen molar-refractivity contribution in [3.8, 4) is 0 Å². The summed E-state index contributed by atoms with van der Waals surface area (Å²) in [4.78, 5) is 8.44. The van der Waals surface area contributed by atoms with Gasteiger partial charge in [-0.05, 0) is 24.6 Å². The van der Waals surface area contributed by atoms with E-state index >= 15 is 0 Å². The van der Waals surface area contributed by atoms with Crippen molar-refractivity contribution < 1.29 is 0 Å². The fraction of sp³-hybridized carbons (Fsp3) is 0.273. The minimum Gasteiger partial charge on any atom is -0.352 e. The molecule has 0 radical (unpaired) electrons. The highest BCUT2D eigenvalue weighted by Crippen LogP contribution is 2.07. The molecule has 0 spiro atoms. The number of nitrogens with one attached hydrogen (secondary N) is 2. The number of aromatic amines is 1. The third-order valence-electron chi connectivity index (χ3n) is 2.60. The molecular weight excluding hydrogens is 230 g/mol. The molecule has 0 saturated heterocycles. The standard InChI is InChI=1S/C11H13N7/c1-8-3-5-18-10(6-8)15-11(17-18)12-4-2-9-13-7-14-16-9/h3,5-7H,2,4H2,1H3,(H,12,17)(H,13,14,16). The van der Waals surface area contributed by atoms with Crippen LogP contribution in [0.3, 0.4) is 0 Å². The maximum Gasteiger partial charge on any atom is 0.243 e. The van der Waals surface area contributed by atoms with E-state index in [1.807, 2.05) is 25.3 Å². The summed E-state index contributed by atoms with van der Waals surface area (Å²) in [6.45, 7) is 2.75. The van der Waals surface area contributed by atoms with E-state index in [2.05, 4.69) is 30.6 Å². The van der Waals surface area contributed by atoms with Gasteiger partial charge in [0.05, 0.1) is 0 Å². The van der Waals surface area contributed by atoms with E-state index in [0.717, 1.165) is 17.9 Å². The molecule has 18 heavy (non-hydrogen) atoms. The molecule has 3 aromatic heterocycles. The molecular formula is C11H13N7. The normalized spacial score (nSPS) is 10.9. The molecule has 3 heterocycles. The van der Waals surface area contributed by atoms with Crippen LogP contribution in [-0.4, -0.2) is 36.3 Å². The summed E-state index contributed by atoms with van der Waals surface area (Å²) in [5.74, 6) is 1.47. The molecule has 7 nitrogen and oxygen atoms in total. The minimum atomic E-state index is 0.625. The molecule has 0 aromatic carbocycles. The molecule has 3 rings (SSSR count). The van der Waals surface area contributed by atoms with Crippen molar-refractivity contribution in [3.05, 3.63) is 36.0 Å². The molecule has 0 unspecified atom stereocenters. The predicted octanol–water partition coefficient (Wildman–Crippen LogP) is 0.810. The fourth-order valence-electron chi connectivity index (χ4n) is 1.70. The van der Waals surface area contributed by atoms with Gasteiger partial charge < -0.3 is 5.32 Å².